The lowest BCUT2D eigenvalue weighted by Gasteiger charge is -2.28. The smallest absolute Gasteiger partial charge is 0.0412 e. The molecule has 0 fully saturated rings. The van der Waals surface area contributed by atoms with Crippen LogP contribution in [0.25, 0.3) is 0 Å². The fourth-order valence-electron chi connectivity index (χ4n) is 2.10. The van der Waals surface area contributed by atoms with Crippen LogP contribution < -0.4 is 10.2 Å². The third kappa shape index (κ3) is 4.18. The molecule has 1 atom stereocenters. The van der Waals surface area contributed by atoms with Crippen molar-refractivity contribution >= 4 is 17.3 Å². The highest BCUT2D eigenvalue weighted by molar-refractivity contribution is 6.30. The van der Waals surface area contributed by atoms with Gasteiger partial charge in [0.05, 0.1) is 0 Å². The van der Waals surface area contributed by atoms with Crippen LogP contribution in [-0.4, -0.2) is 20.1 Å². The molecule has 1 aromatic carbocycles. The fourth-order valence-corrected chi connectivity index (χ4v) is 2.29. The average molecular weight is 269 g/mol. The van der Waals surface area contributed by atoms with Crippen molar-refractivity contribution in [1.82, 2.24) is 5.32 Å². The summed E-state index contributed by atoms with van der Waals surface area (Å²) in [6, 6.07) is 6.18. The van der Waals surface area contributed by atoms with E-state index in [-0.39, 0.29) is 0 Å². The van der Waals surface area contributed by atoms with Gasteiger partial charge in [-0.1, -0.05) is 31.9 Å². The molecule has 18 heavy (non-hydrogen) atoms. The lowest BCUT2D eigenvalue weighted by Crippen LogP contribution is -2.29. The Balaban J connectivity index is 2.96. The predicted octanol–water partition coefficient (Wildman–Crippen LogP) is 3.93. The van der Waals surface area contributed by atoms with Crippen LogP contribution in [0.5, 0.6) is 0 Å². The lowest BCUT2D eigenvalue weighted by atomic mass is 10.1. The van der Waals surface area contributed by atoms with Crippen molar-refractivity contribution in [2.24, 2.45) is 5.92 Å². The minimum absolute atomic E-state index is 0.711. The zero-order chi connectivity index (χ0) is 13.5. The molecule has 0 bridgehead atoms. The molecule has 0 saturated heterocycles. The Bertz CT molecular complexity index is 366. The minimum atomic E-state index is 0.711. The van der Waals surface area contributed by atoms with E-state index in [9.17, 15) is 0 Å². The van der Waals surface area contributed by atoms with Gasteiger partial charge in [0.25, 0.3) is 0 Å². The summed E-state index contributed by atoms with van der Waals surface area (Å²) in [6.45, 7) is 9.74. The lowest BCUT2D eigenvalue weighted by molar-refractivity contribution is 0.547. The van der Waals surface area contributed by atoms with Crippen LogP contribution in [-0.2, 0) is 6.54 Å². The summed E-state index contributed by atoms with van der Waals surface area (Å²) in [5, 5.41) is 4.02. The first-order chi connectivity index (χ1) is 8.62. The van der Waals surface area contributed by atoms with Gasteiger partial charge in [-0.3, -0.25) is 0 Å². The third-order valence-electron chi connectivity index (χ3n) is 3.36. The van der Waals surface area contributed by atoms with Gasteiger partial charge in [0.1, 0.15) is 0 Å². The molecule has 0 saturated carbocycles. The molecular weight excluding hydrogens is 244 g/mol. The fraction of sp³-hybridized carbons (Fsp3) is 0.600. The maximum Gasteiger partial charge on any atom is 0.0412 e. The number of nitrogens with zero attached hydrogens (tertiary/aromatic N) is 1. The molecule has 0 aliphatic carbocycles. The first-order valence-corrected chi connectivity index (χ1v) is 7.18. The number of anilines is 1. The van der Waals surface area contributed by atoms with E-state index in [4.69, 9.17) is 11.6 Å². The summed E-state index contributed by atoms with van der Waals surface area (Å²) in [6.07, 6.45) is 1.21. The summed E-state index contributed by atoms with van der Waals surface area (Å²) < 4.78 is 0. The van der Waals surface area contributed by atoms with Crippen molar-refractivity contribution in [3.63, 3.8) is 0 Å². The Morgan fingerprint density at radius 2 is 2.06 bits per heavy atom. The van der Waals surface area contributed by atoms with E-state index in [1.165, 1.54) is 17.7 Å². The molecular formula is C15H25ClN2. The molecule has 0 radical (unpaired) electrons. The van der Waals surface area contributed by atoms with E-state index < -0.39 is 0 Å². The van der Waals surface area contributed by atoms with Gasteiger partial charge in [0.2, 0.25) is 0 Å². The van der Waals surface area contributed by atoms with Gasteiger partial charge < -0.3 is 10.2 Å². The van der Waals surface area contributed by atoms with E-state index in [0.717, 1.165) is 24.7 Å². The maximum atomic E-state index is 6.09. The Labute approximate surface area is 116 Å². The van der Waals surface area contributed by atoms with Crippen molar-refractivity contribution in [2.45, 2.75) is 33.7 Å². The van der Waals surface area contributed by atoms with Crippen molar-refractivity contribution in [1.29, 1.82) is 0 Å². The Hall–Kier alpha value is -0.730. The summed E-state index contributed by atoms with van der Waals surface area (Å²) >= 11 is 6.09. The highest BCUT2D eigenvalue weighted by atomic mass is 35.5. The zero-order valence-electron chi connectivity index (χ0n) is 12.0. The average Bonchev–Trinajstić information content (AvgIpc) is 2.37. The Morgan fingerprint density at radius 3 is 2.61 bits per heavy atom. The molecule has 1 rings (SSSR count). The zero-order valence-corrected chi connectivity index (χ0v) is 12.7. The Kier molecular flexibility index (Phi) is 6.51. The van der Waals surface area contributed by atoms with Crippen molar-refractivity contribution in [3.8, 4) is 0 Å². The molecule has 2 nitrogen and oxygen atoms in total. The van der Waals surface area contributed by atoms with Gasteiger partial charge in [0, 0.05) is 30.3 Å². The molecule has 0 aliphatic rings. The summed E-state index contributed by atoms with van der Waals surface area (Å²) in [7, 11) is 1.97. The van der Waals surface area contributed by atoms with E-state index >= 15 is 0 Å². The molecule has 3 heteroatoms. The van der Waals surface area contributed by atoms with E-state index in [1.54, 1.807) is 0 Å². The molecule has 0 heterocycles. The first-order valence-electron chi connectivity index (χ1n) is 6.80. The van der Waals surface area contributed by atoms with Gasteiger partial charge in [-0.25, -0.2) is 0 Å². The van der Waals surface area contributed by atoms with Crippen LogP contribution >= 0.6 is 11.6 Å². The van der Waals surface area contributed by atoms with Crippen LogP contribution in [0.4, 0.5) is 5.69 Å². The Morgan fingerprint density at radius 1 is 1.33 bits per heavy atom. The van der Waals surface area contributed by atoms with Crippen molar-refractivity contribution in [2.75, 3.05) is 25.0 Å². The highest BCUT2D eigenvalue weighted by Gasteiger charge is 2.12. The van der Waals surface area contributed by atoms with E-state index in [1.807, 2.05) is 13.1 Å². The number of halogens is 1. The van der Waals surface area contributed by atoms with Crippen LogP contribution in [0.3, 0.4) is 0 Å². The van der Waals surface area contributed by atoms with Gasteiger partial charge >= 0.3 is 0 Å². The van der Waals surface area contributed by atoms with Gasteiger partial charge in [-0.05, 0) is 43.7 Å². The number of hydrogen-bond acceptors (Lipinski definition) is 2. The van der Waals surface area contributed by atoms with Crippen LogP contribution in [0.2, 0.25) is 5.02 Å². The van der Waals surface area contributed by atoms with E-state index in [0.29, 0.717) is 5.92 Å². The second-order valence-electron chi connectivity index (χ2n) is 4.86. The summed E-state index contributed by atoms with van der Waals surface area (Å²) in [5.41, 5.74) is 2.58. The SMILES string of the molecule is CCC(C)CN(CC)c1ccc(Cl)cc1CNC. The second-order valence-corrected chi connectivity index (χ2v) is 5.29. The molecule has 0 aromatic heterocycles. The summed E-state index contributed by atoms with van der Waals surface area (Å²) in [4.78, 5) is 2.44. The van der Waals surface area contributed by atoms with Crippen LogP contribution in [0.1, 0.15) is 32.8 Å². The molecule has 0 aliphatic heterocycles. The second kappa shape index (κ2) is 7.65. The van der Waals surface area contributed by atoms with E-state index in [2.05, 4.69) is 43.1 Å². The quantitative estimate of drug-likeness (QED) is 0.806. The maximum absolute atomic E-state index is 6.09. The highest BCUT2D eigenvalue weighted by Crippen LogP contribution is 2.25. The van der Waals surface area contributed by atoms with Crippen LogP contribution in [0, 0.1) is 5.92 Å². The molecule has 102 valence electrons. The minimum Gasteiger partial charge on any atom is -0.371 e. The summed E-state index contributed by atoms with van der Waals surface area (Å²) in [5.74, 6) is 0.711. The number of hydrogen-bond donors (Lipinski definition) is 1. The van der Waals surface area contributed by atoms with Crippen molar-refractivity contribution < 1.29 is 0 Å². The molecule has 1 unspecified atom stereocenters. The van der Waals surface area contributed by atoms with Gasteiger partial charge in [0.15, 0.2) is 0 Å². The van der Waals surface area contributed by atoms with Gasteiger partial charge in [-0.2, -0.15) is 0 Å². The predicted molar refractivity (Wildman–Crippen MR) is 81.6 cm³/mol. The number of benzene rings is 1. The topological polar surface area (TPSA) is 15.3 Å². The first kappa shape index (κ1) is 15.3. The molecule has 0 amide bonds. The van der Waals surface area contributed by atoms with Gasteiger partial charge in [-0.15, -0.1) is 0 Å². The molecule has 1 aromatic rings. The monoisotopic (exact) mass is 268 g/mol. The molecule has 0 spiro atoms. The normalized spacial score (nSPS) is 12.5. The largest absolute Gasteiger partial charge is 0.371 e. The number of rotatable bonds is 7. The van der Waals surface area contributed by atoms with Crippen molar-refractivity contribution in [3.05, 3.63) is 28.8 Å². The molecule has 1 N–H and O–H groups in total. The standard InChI is InChI=1S/C15H25ClN2/c1-5-12(3)11-18(6-2)15-8-7-14(16)9-13(15)10-17-4/h7-9,12,17H,5-6,10-11H2,1-4H3. The number of nitrogens with one attached hydrogen (secondary N) is 1. The third-order valence-corrected chi connectivity index (χ3v) is 3.60. The van der Waals surface area contributed by atoms with Crippen LogP contribution in [0.15, 0.2) is 18.2 Å².